The van der Waals surface area contributed by atoms with Gasteiger partial charge in [0.15, 0.2) is 5.82 Å². The van der Waals surface area contributed by atoms with Gasteiger partial charge < -0.3 is 14.7 Å². The number of aliphatic hydroxyl groups is 1. The van der Waals surface area contributed by atoms with Crippen LogP contribution in [0, 0.1) is 0 Å². The second-order valence-corrected chi connectivity index (χ2v) is 9.30. The molecule has 2 fully saturated rings. The lowest BCUT2D eigenvalue weighted by molar-refractivity contribution is 0.108. The highest BCUT2D eigenvalue weighted by Gasteiger charge is 2.21. The molecule has 0 amide bonds. The third-order valence-electron chi connectivity index (χ3n) is 7.06. The summed E-state index contributed by atoms with van der Waals surface area (Å²) in [7, 11) is 0. The van der Waals surface area contributed by atoms with Crippen molar-refractivity contribution in [1.82, 2.24) is 30.0 Å². The van der Waals surface area contributed by atoms with Crippen LogP contribution in [-0.2, 0) is 11.3 Å². The Hall–Kier alpha value is -3.11. The van der Waals surface area contributed by atoms with Crippen molar-refractivity contribution in [2.24, 2.45) is 0 Å². The maximum absolute atomic E-state index is 9.20. The molecule has 0 aliphatic carbocycles. The zero-order valence-corrected chi connectivity index (χ0v) is 19.9. The van der Waals surface area contributed by atoms with Crippen LogP contribution in [0.2, 0.25) is 0 Å². The van der Waals surface area contributed by atoms with E-state index >= 15 is 0 Å². The Labute approximate surface area is 204 Å². The molecule has 2 N–H and O–H groups in total. The number of H-pyrrole nitrogens is 1. The van der Waals surface area contributed by atoms with Gasteiger partial charge in [-0.2, -0.15) is 5.10 Å². The largest absolute Gasteiger partial charge is 0.395 e. The van der Waals surface area contributed by atoms with Gasteiger partial charge in [0, 0.05) is 68.7 Å². The fourth-order valence-electron chi connectivity index (χ4n) is 5.13. The number of aromatic nitrogens is 4. The standard InChI is InChI=1S/C26H31N7O2/c34-13-10-31-6-8-32(9-7-31)18-19-4-5-23-21(16-19)26(33-11-14-35-15-12-33)29-25(28-23)20-2-1-3-24-22(20)17-27-30-24/h1-5,16-17,34H,6-15,18H2,(H,27,30). The van der Waals surface area contributed by atoms with Crippen LogP contribution < -0.4 is 4.90 Å². The summed E-state index contributed by atoms with van der Waals surface area (Å²) in [5.41, 5.74) is 4.19. The lowest BCUT2D eigenvalue weighted by atomic mass is 10.1. The van der Waals surface area contributed by atoms with Crippen LogP contribution in [0.1, 0.15) is 5.56 Å². The van der Waals surface area contributed by atoms with Gasteiger partial charge in [-0.1, -0.05) is 18.2 Å². The Morgan fingerprint density at radius 2 is 1.74 bits per heavy atom. The first-order chi connectivity index (χ1) is 17.3. The van der Waals surface area contributed by atoms with Crippen molar-refractivity contribution >= 4 is 27.6 Å². The van der Waals surface area contributed by atoms with Crippen molar-refractivity contribution in [1.29, 1.82) is 0 Å². The Balaban J connectivity index is 1.36. The van der Waals surface area contributed by atoms with Gasteiger partial charge >= 0.3 is 0 Å². The SMILES string of the molecule is OCCN1CCN(Cc2ccc3nc(-c4cccc5[nH]ncc45)nc(N4CCOCC4)c3c2)CC1. The first-order valence-corrected chi connectivity index (χ1v) is 12.4. The Morgan fingerprint density at radius 3 is 2.57 bits per heavy atom. The van der Waals surface area contributed by atoms with E-state index in [1.54, 1.807) is 0 Å². The molecule has 0 bridgehead atoms. The molecule has 2 saturated heterocycles. The van der Waals surface area contributed by atoms with Gasteiger partial charge in [-0.15, -0.1) is 0 Å². The molecule has 2 aromatic heterocycles. The van der Waals surface area contributed by atoms with Crippen molar-refractivity contribution in [3.05, 3.63) is 48.2 Å². The summed E-state index contributed by atoms with van der Waals surface area (Å²) in [5, 5.41) is 18.6. The number of morpholine rings is 1. The number of aromatic amines is 1. The van der Waals surface area contributed by atoms with E-state index in [1.807, 2.05) is 18.3 Å². The van der Waals surface area contributed by atoms with E-state index in [-0.39, 0.29) is 6.61 Å². The minimum Gasteiger partial charge on any atom is -0.395 e. The molecule has 0 atom stereocenters. The number of nitrogens with zero attached hydrogens (tertiary/aromatic N) is 6. The van der Waals surface area contributed by atoms with Crippen molar-refractivity contribution in [3.63, 3.8) is 0 Å². The summed E-state index contributed by atoms with van der Waals surface area (Å²) in [5.74, 6) is 1.70. The molecule has 0 saturated carbocycles. The summed E-state index contributed by atoms with van der Waals surface area (Å²) in [4.78, 5) is 17.2. The molecule has 2 aromatic carbocycles. The van der Waals surface area contributed by atoms with Crippen LogP contribution in [0.4, 0.5) is 5.82 Å². The lowest BCUT2D eigenvalue weighted by Gasteiger charge is -2.34. The van der Waals surface area contributed by atoms with E-state index in [1.165, 1.54) is 5.56 Å². The Kier molecular flexibility index (Phi) is 6.30. The maximum Gasteiger partial charge on any atom is 0.162 e. The molecule has 9 heteroatoms. The number of rotatable bonds is 6. The summed E-state index contributed by atoms with van der Waals surface area (Å²) in [6, 6.07) is 12.7. The number of nitrogens with one attached hydrogen (secondary N) is 1. The second kappa shape index (κ2) is 9.87. The summed E-state index contributed by atoms with van der Waals surface area (Å²) in [6.07, 6.45) is 1.84. The molecule has 4 aromatic rings. The summed E-state index contributed by atoms with van der Waals surface area (Å²) < 4.78 is 5.62. The van der Waals surface area contributed by atoms with Crippen LogP contribution in [0.15, 0.2) is 42.6 Å². The minimum absolute atomic E-state index is 0.228. The van der Waals surface area contributed by atoms with Crippen molar-refractivity contribution in [2.45, 2.75) is 6.54 Å². The average Bonchev–Trinajstić information content (AvgIpc) is 3.39. The maximum atomic E-state index is 9.20. The van der Waals surface area contributed by atoms with Gasteiger partial charge in [0.1, 0.15) is 5.82 Å². The van der Waals surface area contributed by atoms with Crippen molar-refractivity contribution in [2.75, 3.05) is 70.5 Å². The number of benzene rings is 2. The van der Waals surface area contributed by atoms with Crippen LogP contribution in [0.3, 0.4) is 0 Å². The number of β-amino-alcohol motifs (C(OH)–C–C–N with tert-alkyl or cyclic N) is 1. The monoisotopic (exact) mass is 473 g/mol. The van der Waals surface area contributed by atoms with Gasteiger partial charge in [-0.3, -0.25) is 14.9 Å². The topological polar surface area (TPSA) is 93.6 Å². The van der Waals surface area contributed by atoms with Gasteiger partial charge in [-0.25, -0.2) is 9.97 Å². The molecule has 0 spiro atoms. The number of aliphatic hydroxyl groups excluding tert-OH is 1. The van der Waals surface area contributed by atoms with Gasteiger partial charge in [-0.05, 0) is 23.8 Å². The zero-order valence-electron chi connectivity index (χ0n) is 19.9. The Bertz CT molecular complexity index is 1310. The number of piperazine rings is 1. The van der Waals surface area contributed by atoms with Crippen LogP contribution in [0.25, 0.3) is 33.2 Å². The van der Waals surface area contributed by atoms with Gasteiger partial charge in [0.2, 0.25) is 0 Å². The summed E-state index contributed by atoms with van der Waals surface area (Å²) >= 11 is 0. The number of hydrogen-bond donors (Lipinski definition) is 2. The van der Waals surface area contributed by atoms with E-state index in [9.17, 15) is 5.11 Å². The normalized spacial score (nSPS) is 18.0. The average molecular weight is 474 g/mol. The molecule has 2 aliphatic rings. The van der Waals surface area contributed by atoms with Gasteiger partial charge in [0.05, 0.1) is 37.1 Å². The molecular weight excluding hydrogens is 442 g/mol. The smallest absolute Gasteiger partial charge is 0.162 e. The number of anilines is 1. The predicted octanol–water partition coefficient (Wildman–Crippen LogP) is 2.12. The third-order valence-corrected chi connectivity index (χ3v) is 7.06. The van der Waals surface area contributed by atoms with E-state index in [0.717, 1.165) is 91.4 Å². The second-order valence-electron chi connectivity index (χ2n) is 9.30. The first kappa shape index (κ1) is 22.4. The highest BCUT2D eigenvalue weighted by atomic mass is 16.5. The zero-order chi connectivity index (χ0) is 23.6. The molecular formula is C26H31N7O2. The minimum atomic E-state index is 0.228. The van der Waals surface area contributed by atoms with Crippen molar-refractivity contribution < 1.29 is 9.84 Å². The highest BCUT2D eigenvalue weighted by Crippen LogP contribution is 2.32. The lowest BCUT2D eigenvalue weighted by Crippen LogP contribution is -2.46. The first-order valence-electron chi connectivity index (χ1n) is 12.4. The predicted molar refractivity (Wildman–Crippen MR) is 136 cm³/mol. The molecule has 182 valence electrons. The molecule has 4 heterocycles. The van der Waals surface area contributed by atoms with E-state index in [4.69, 9.17) is 14.7 Å². The quantitative estimate of drug-likeness (QED) is 0.440. The summed E-state index contributed by atoms with van der Waals surface area (Å²) in [6.45, 7) is 8.96. The molecule has 9 nitrogen and oxygen atoms in total. The van der Waals surface area contributed by atoms with E-state index < -0.39 is 0 Å². The van der Waals surface area contributed by atoms with E-state index in [0.29, 0.717) is 13.2 Å². The van der Waals surface area contributed by atoms with Crippen LogP contribution in [0.5, 0.6) is 0 Å². The molecule has 0 unspecified atom stereocenters. The number of ether oxygens (including phenoxy) is 1. The van der Waals surface area contributed by atoms with Crippen LogP contribution >= 0.6 is 0 Å². The Morgan fingerprint density at radius 1 is 0.914 bits per heavy atom. The van der Waals surface area contributed by atoms with Gasteiger partial charge in [0.25, 0.3) is 0 Å². The molecule has 2 aliphatic heterocycles. The third kappa shape index (κ3) is 4.60. The molecule has 6 rings (SSSR count). The fourth-order valence-corrected chi connectivity index (χ4v) is 5.13. The van der Waals surface area contributed by atoms with E-state index in [2.05, 4.69) is 49.2 Å². The van der Waals surface area contributed by atoms with Crippen LogP contribution in [-0.4, -0.2) is 101 Å². The highest BCUT2D eigenvalue weighted by molar-refractivity contribution is 5.96. The molecule has 0 radical (unpaired) electrons. The number of fused-ring (bicyclic) bond motifs is 2. The number of hydrogen-bond acceptors (Lipinski definition) is 8. The van der Waals surface area contributed by atoms with Crippen molar-refractivity contribution in [3.8, 4) is 11.4 Å². The fraction of sp³-hybridized carbons (Fsp3) is 0.423. The molecule has 35 heavy (non-hydrogen) atoms.